The summed E-state index contributed by atoms with van der Waals surface area (Å²) < 4.78 is 10.9. The zero-order valence-electron chi connectivity index (χ0n) is 11.0. The van der Waals surface area contributed by atoms with Gasteiger partial charge in [-0.15, -0.1) is 0 Å². The molecular weight excluding hydrogens is 246 g/mol. The third kappa shape index (κ3) is 3.38. The summed E-state index contributed by atoms with van der Waals surface area (Å²) in [5.41, 5.74) is 6.15. The molecule has 0 saturated heterocycles. The Labute approximate surface area is 112 Å². The van der Waals surface area contributed by atoms with E-state index in [-0.39, 0.29) is 6.54 Å². The summed E-state index contributed by atoms with van der Waals surface area (Å²) in [6, 6.07) is 5.16. The number of rotatable bonds is 7. The minimum Gasteiger partial charge on any atom is -0.493 e. The van der Waals surface area contributed by atoms with E-state index in [0.717, 1.165) is 0 Å². The standard InChI is InChI=1S/C14H19NO4/c1-18-12-5-4-10(11(7-15)14(16)17)6-13(12)19-8-9-2-3-9/h4-6,9,11H,2-3,7-8,15H2,1H3,(H,16,17). The van der Waals surface area contributed by atoms with Crippen LogP contribution in [-0.2, 0) is 4.79 Å². The minimum absolute atomic E-state index is 0.0593. The lowest BCUT2D eigenvalue weighted by atomic mass is 9.99. The largest absolute Gasteiger partial charge is 0.493 e. The van der Waals surface area contributed by atoms with Crippen LogP contribution in [0.4, 0.5) is 0 Å². The van der Waals surface area contributed by atoms with E-state index in [4.69, 9.17) is 20.3 Å². The highest BCUT2D eigenvalue weighted by atomic mass is 16.5. The van der Waals surface area contributed by atoms with E-state index in [0.29, 0.717) is 29.6 Å². The molecule has 1 atom stereocenters. The Kier molecular flexibility index (Phi) is 4.27. The molecule has 104 valence electrons. The van der Waals surface area contributed by atoms with Gasteiger partial charge in [0.25, 0.3) is 0 Å². The number of hydrogen-bond donors (Lipinski definition) is 2. The predicted octanol–water partition coefficient (Wildman–Crippen LogP) is 1.61. The molecule has 3 N–H and O–H groups in total. The average Bonchev–Trinajstić information content (AvgIpc) is 3.21. The van der Waals surface area contributed by atoms with Crippen LogP contribution in [0.3, 0.4) is 0 Å². The van der Waals surface area contributed by atoms with Crippen molar-refractivity contribution in [3.05, 3.63) is 23.8 Å². The van der Waals surface area contributed by atoms with Crippen molar-refractivity contribution in [3.63, 3.8) is 0 Å². The Morgan fingerprint density at radius 2 is 2.21 bits per heavy atom. The number of aliphatic carboxylic acids is 1. The molecule has 19 heavy (non-hydrogen) atoms. The highest BCUT2D eigenvalue weighted by Crippen LogP contribution is 2.34. The maximum Gasteiger partial charge on any atom is 0.312 e. The third-order valence-corrected chi connectivity index (χ3v) is 3.30. The Bertz CT molecular complexity index is 457. The molecule has 1 aliphatic carbocycles. The van der Waals surface area contributed by atoms with Crippen molar-refractivity contribution >= 4 is 5.97 Å². The summed E-state index contributed by atoms with van der Waals surface area (Å²) in [5, 5.41) is 9.12. The second-order valence-corrected chi connectivity index (χ2v) is 4.79. The maximum absolute atomic E-state index is 11.1. The van der Waals surface area contributed by atoms with E-state index in [1.165, 1.54) is 12.8 Å². The van der Waals surface area contributed by atoms with Crippen molar-refractivity contribution in [1.29, 1.82) is 0 Å². The summed E-state index contributed by atoms with van der Waals surface area (Å²) in [4.78, 5) is 11.1. The molecule has 1 aromatic carbocycles. The smallest absolute Gasteiger partial charge is 0.312 e. The molecule has 0 radical (unpaired) electrons. The molecule has 1 aliphatic rings. The van der Waals surface area contributed by atoms with Gasteiger partial charge in [-0.1, -0.05) is 6.07 Å². The van der Waals surface area contributed by atoms with Gasteiger partial charge in [0.15, 0.2) is 11.5 Å². The number of methoxy groups -OCH3 is 1. The molecule has 0 bridgehead atoms. The fourth-order valence-corrected chi connectivity index (χ4v) is 1.89. The van der Waals surface area contributed by atoms with E-state index in [2.05, 4.69) is 0 Å². The van der Waals surface area contributed by atoms with Gasteiger partial charge in [-0.3, -0.25) is 4.79 Å². The minimum atomic E-state index is -0.930. The van der Waals surface area contributed by atoms with Crippen LogP contribution < -0.4 is 15.2 Å². The van der Waals surface area contributed by atoms with Gasteiger partial charge in [-0.05, 0) is 36.5 Å². The number of carboxylic acid groups (broad SMARTS) is 1. The van der Waals surface area contributed by atoms with Crippen LogP contribution in [0.5, 0.6) is 11.5 Å². The van der Waals surface area contributed by atoms with E-state index in [1.54, 1.807) is 25.3 Å². The van der Waals surface area contributed by atoms with Gasteiger partial charge >= 0.3 is 5.97 Å². The molecule has 0 aliphatic heterocycles. The van der Waals surface area contributed by atoms with Gasteiger partial charge in [0.05, 0.1) is 19.6 Å². The summed E-state index contributed by atoms with van der Waals surface area (Å²) in [5.74, 6) is 0.185. The number of nitrogens with two attached hydrogens (primary N) is 1. The van der Waals surface area contributed by atoms with Crippen LogP contribution in [0.2, 0.25) is 0 Å². The van der Waals surface area contributed by atoms with Gasteiger partial charge in [0, 0.05) is 6.54 Å². The highest BCUT2D eigenvalue weighted by molar-refractivity contribution is 5.76. The second kappa shape index (κ2) is 5.93. The van der Waals surface area contributed by atoms with Crippen molar-refractivity contribution < 1.29 is 19.4 Å². The Morgan fingerprint density at radius 3 is 2.74 bits per heavy atom. The molecule has 5 nitrogen and oxygen atoms in total. The molecule has 0 amide bonds. The number of carbonyl (C=O) groups is 1. The fraction of sp³-hybridized carbons (Fsp3) is 0.500. The van der Waals surface area contributed by atoms with Crippen LogP contribution in [0.25, 0.3) is 0 Å². The first-order valence-corrected chi connectivity index (χ1v) is 6.39. The summed E-state index contributed by atoms with van der Waals surface area (Å²) in [6.45, 7) is 0.712. The molecule has 1 saturated carbocycles. The zero-order valence-corrected chi connectivity index (χ0v) is 11.0. The molecule has 1 fully saturated rings. The van der Waals surface area contributed by atoms with Crippen molar-refractivity contribution in [3.8, 4) is 11.5 Å². The van der Waals surface area contributed by atoms with Gasteiger partial charge in [0.2, 0.25) is 0 Å². The average molecular weight is 265 g/mol. The molecule has 5 heteroatoms. The molecule has 1 aromatic rings. The first-order chi connectivity index (χ1) is 9.15. The van der Waals surface area contributed by atoms with Gasteiger partial charge in [-0.2, -0.15) is 0 Å². The number of benzene rings is 1. The lowest BCUT2D eigenvalue weighted by Gasteiger charge is -2.15. The fourth-order valence-electron chi connectivity index (χ4n) is 1.89. The molecule has 2 rings (SSSR count). The van der Waals surface area contributed by atoms with Crippen LogP contribution in [0, 0.1) is 5.92 Å². The van der Waals surface area contributed by atoms with Crippen molar-refractivity contribution in [2.45, 2.75) is 18.8 Å². The topological polar surface area (TPSA) is 81.8 Å². The highest BCUT2D eigenvalue weighted by Gasteiger charge is 2.24. The van der Waals surface area contributed by atoms with Gasteiger partial charge in [0.1, 0.15) is 0 Å². The second-order valence-electron chi connectivity index (χ2n) is 4.79. The Balaban J connectivity index is 2.19. The number of carboxylic acids is 1. The van der Waals surface area contributed by atoms with Gasteiger partial charge < -0.3 is 20.3 Å². The van der Waals surface area contributed by atoms with Crippen molar-refractivity contribution in [1.82, 2.24) is 0 Å². The van der Waals surface area contributed by atoms with Crippen LogP contribution in [0.1, 0.15) is 24.3 Å². The van der Waals surface area contributed by atoms with Crippen molar-refractivity contribution in [2.75, 3.05) is 20.3 Å². The molecule has 0 spiro atoms. The summed E-state index contributed by atoms with van der Waals surface area (Å²) in [7, 11) is 1.57. The maximum atomic E-state index is 11.1. The monoisotopic (exact) mass is 265 g/mol. The molecule has 0 heterocycles. The van der Waals surface area contributed by atoms with Crippen LogP contribution in [0.15, 0.2) is 18.2 Å². The number of ether oxygens (including phenoxy) is 2. The third-order valence-electron chi connectivity index (χ3n) is 3.30. The summed E-state index contributed by atoms with van der Waals surface area (Å²) >= 11 is 0. The molecule has 1 unspecified atom stereocenters. The van der Waals surface area contributed by atoms with Crippen LogP contribution in [-0.4, -0.2) is 31.3 Å². The Hall–Kier alpha value is -1.75. The SMILES string of the molecule is COc1ccc(C(CN)C(=O)O)cc1OCC1CC1. The lowest BCUT2D eigenvalue weighted by molar-refractivity contribution is -0.138. The first-order valence-electron chi connectivity index (χ1n) is 6.39. The van der Waals surface area contributed by atoms with Gasteiger partial charge in [-0.25, -0.2) is 0 Å². The number of hydrogen-bond acceptors (Lipinski definition) is 4. The quantitative estimate of drug-likeness (QED) is 0.782. The van der Waals surface area contributed by atoms with Crippen LogP contribution >= 0.6 is 0 Å². The summed E-state index contributed by atoms with van der Waals surface area (Å²) in [6.07, 6.45) is 2.39. The lowest BCUT2D eigenvalue weighted by Crippen LogP contribution is -2.21. The van der Waals surface area contributed by atoms with E-state index in [1.807, 2.05) is 0 Å². The molecule has 0 aromatic heterocycles. The van der Waals surface area contributed by atoms with E-state index < -0.39 is 11.9 Å². The van der Waals surface area contributed by atoms with E-state index >= 15 is 0 Å². The first kappa shape index (κ1) is 13.7. The van der Waals surface area contributed by atoms with Crippen molar-refractivity contribution in [2.24, 2.45) is 11.7 Å². The molecular formula is C14H19NO4. The normalized spacial score (nSPS) is 15.9. The zero-order chi connectivity index (χ0) is 13.8. The van der Waals surface area contributed by atoms with E-state index in [9.17, 15) is 4.79 Å². The Morgan fingerprint density at radius 1 is 1.47 bits per heavy atom. The predicted molar refractivity (Wildman–Crippen MR) is 70.6 cm³/mol.